The van der Waals surface area contributed by atoms with E-state index in [0.717, 1.165) is 37.2 Å². The van der Waals surface area contributed by atoms with Crippen LogP contribution in [0.25, 0.3) is 0 Å². The normalized spacial score (nSPS) is 15.5. The summed E-state index contributed by atoms with van der Waals surface area (Å²) < 4.78 is 16.6. The molecule has 2 aromatic carbocycles. The molecular weight excluding hydrogens is 446 g/mol. The highest BCUT2D eigenvalue weighted by atomic mass is 16.6. The minimum absolute atomic E-state index is 0. The molecule has 0 aromatic heterocycles. The maximum absolute atomic E-state index is 12.7. The van der Waals surface area contributed by atoms with Crippen LogP contribution < -0.4 is 25.0 Å². The van der Waals surface area contributed by atoms with Crippen LogP contribution in [-0.4, -0.2) is 50.4 Å². The predicted octanol–water partition coefficient (Wildman–Crippen LogP) is 5.48. The van der Waals surface area contributed by atoms with E-state index in [4.69, 9.17) is 14.2 Å². The van der Waals surface area contributed by atoms with E-state index in [1.54, 1.807) is 19.2 Å². The number of benzene rings is 2. The lowest BCUT2D eigenvalue weighted by atomic mass is 10.2. The molecule has 2 N–H and O–H groups in total. The lowest BCUT2D eigenvalue weighted by Crippen LogP contribution is -2.40. The molecule has 1 aliphatic heterocycles. The highest BCUT2D eigenvalue weighted by Gasteiger charge is 2.28. The highest BCUT2D eigenvalue weighted by Crippen LogP contribution is 2.33. The number of hydrogen-bond acceptors (Lipinski definition) is 6. The summed E-state index contributed by atoms with van der Waals surface area (Å²) in [7, 11) is 1.61. The van der Waals surface area contributed by atoms with Gasteiger partial charge in [0, 0.05) is 31.8 Å². The van der Waals surface area contributed by atoms with Crippen LogP contribution in [0.15, 0.2) is 42.5 Å². The quantitative estimate of drug-likeness (QED) is 0.458. The second kappa shape index (κ2) is 11.8. The first-order valence-electron chi connectivity index (χ1n) is 12.1. The third kappa shape index (κ3) is 7.80. The molecule has 0 spiro atoms. The van der Waals surface area contributed by atoms with Gasteiger partial charge in [-0.1, -0.05) is 13.3 Å². The number of ether oxygens (including phenoxy) is 3. The minimum atomic E-state index is -0.531. The topological polar surface area (TPSA) is 89.1 Å². The van der Waals surface area contributed by atoms with E-state index in [0.29, 0.717) is 30.2 Å². The standard InChI is InChI=1S/C27H37N3O5.H2/c1-6-7-16-34-22-11-8-19(9-12-22)25(31)28-20-10-13-23(24(17-20)33-5)30-15-14-21(18-30)29-26(32)35-27(2,3)4;/h8-13,17,21H,6-7,14-16,18H2,1-5H3,(H,28,31)(H,29,32);1H. The molecule has 1 atom stereocenters. The Morgan fingerprint density at radius 3 is 2.54 bits per heavy atom. The Labute approximate surface area is 209 Å². The molecule has 1 unspecified atom stereocenters. The number of amides is 2. The van der Waals surface area contributed by atoms with Crippen LogP contribution in [0.2, 0.25) is 0 Å². The number of methoxy groups -OCH3 is 1. The number of rotatable bonds is 9. The van der Waals surface area contributed by atoms with E-state index in [1.807, 2.05) is 51.1 Å². The molecule has 2 aromatic rings. The number of carbonyl (C=O) groups excluding carboxylic acids is 2. The molecule has 1 fully saturated rings. The zero-order valence-electron chi connectivity index (χ0n) is 21.3. The van der Waals surface area contributed by atoms with Gasteiger partial charge in [-0.05, 0) is 70.0 Å². The molecule has 192 valence electrons. The molecule has 0 radical (unpaired) electrons. The smallest absolute Gasteiger partial charge is 0.407 e. The number of unbranched alkanes of at least 4 members (excludes halogenated alkanes) is 1. The summed E-state index contributed by atoms with van der Waals surface area (Å²) in [6, 6.07) is 12.7. The van der Waals surface area contributed by atoms with Crippen LogP contribution in [0.3, 0.4) is 0 Å². The fourth-order valence-corrected chi connectivity index (χ4v) is 3.83. The van der Waals surface area contributed by atoms with Gasteiger partial charge in [-0.15, -0.1) is 0 Å². The summed E-state index contributed by atoms with van der Waals surface area (Å²) in [4.78, 5) is 27.0. The van der Waals surface area contributed by atoms with E-state index in [1.165, 1.54) is 0 Å². The van der Waals surface area contributed by atoms with Crippen LogP contribution in [-0.2, 0) is 4.74 Å². The van der Waals surface area contributed by atoms with Crippen molar-refractivity contribution in [2.24, 2.45) is 0 Å². The SMILES string of the molecule is CCCCOc1ccc(C(=O)Nc2ccc(N3CCC(NC(=O)OC(C)(C)C)C3)c(OC)c2)cc1.[HH]. The van der Waals surface area contributed by atoms with Crippen molar-refractivity contribution in [3.63, 3.8) is 0 Å². The fourth-order valence-electron chi connectivity index (χ4n) is 3.83. The van der Waals surface area contributed by atoms with Crippen LogP contribution >= 0.6 is 0 Å². The number of hydrogen-bond donors (Lipinski definition) is 2. The zero-order chi connectivity index (χ0) is 25.4. The maximum atomic E-state index is 12.7. The first-order chi connectivity index (χ1) is 16.7. The average Bonchev–Trinajstić information content (AvgIpc) is 3.26. The Bertz CT molecular complexity index is 1010. The summed E-state index contributed by atoms with van der Waals surface area (Å²) in [5.41, 5.74) is 1.57. The molecular formula is C27H39N3O5. The summed E-state index contributed by atoms with van der Waals surface area (Å²) in [5.74, 6) is 1.20. The Morgan fingerprint density at radius 2 is 1.89 bits per heavy atom. The van der Waals surface area contributed by atoms with E-state index < -0.39 is 11.7 Å². The average molecular weight is 486 g/mol. The molecule has 1 saturated heterocycles. The minimum Gasteiger partial charge on any atom is -0.495 e. The third-order valence-electron chi connectivity index (χ3n) is 5.57. The van der Waals surface area contributed by atoms with Gasteiger partial charge in [0.05, 0.1) is 25.4 Å². The Kier molecular flexibility index (Phi) is 8.84. The van der Waals surface area contributed by atoms with Gasteiger partial charge in [0.2, 0.25) is 0 Å². The van der Waals surface area contributed by atoms with Crippen molar-refractivity contribution in [1.82, 2.24) is 5.32 Å². The Hall–Kier alpha value is -3.42. The molecule has 1 aliphatic rings. The van der Waals surface area contributed by atoms with Crippen molar-refractivity contribution in [3.8, 4) is 11.5 Å². The molecule has 8 heteroatoms. The number of alkyl carbamates (subject to hydrolysis) is 1. The first-order valence-corrected chi connectivity index (χ1v) is 12.1. The van der Waals surface area contributed by atoms with Gasteiger partial charge in [-0.2, -0.15) is 0 Å². The number of nitrogens with one attached hydrogen (secondary N) is 2. The first kappa shape index (κ1) is 26.2. The van der Waals surface area contributed by atoms with E-state index >= 15 is 0 Å². The second-order valence-electron chi connectivity index (χ2n) is 9.64. The zero-order valence-corrected chi connectivity index (χ0v) is 21.3. The predicted molar refractivity (Wildman–Crippen MR) is 140 cm³/mol. The van der Waals surface area contributed by atoms with Crippen molar-refractivity contribution >= 4 is 23.4 Å². The van der Waals surface area contributed by atoms with Crippen molar-refractivity contribution in [2.75, 3.05) is 37.0 Å². The van der Waals surface area contributed by atoms with Crippen LogP contribution in [0, 0.1) is 0 Å². The molecule has 0 bridgehead atoms. The summed E-state index contributed by atoms with van der Waals surface area (Å²) in [6.07, 6.45) is 2.47. The van der Waals surface area contributed by atoms with Crippen LogP contribution in [0.4, 0.5) is 16.2 Å². The summed E-state index contributed by atoms with van der Waals surface area (Å²) in [5, 5.41) is 5.86. The van der Waals surface area contributed by atoms with Gasteiger partial charge in [-0.3, -0.25) is 4.79 Å². The monoisotopic (exact) mass is 485 g/mol. The van der Waals surface area contributed by atoms with E-state index in [-0.39, 0.29) is 13.4 Å². The number of anilines is 2. The lowest BCUT2D eigenvalue weighted by molar-refractivity contribution is 0.0509. The van der Waals surface area contributed by atoms with Gasteiger partial charge >= 0.3 is 6.09 Å². The molecule has 3 rings (SSSR count). The van der Waals surface area contributed by atoms with Gasteiger partial charge < -0.3 is 29.7 Å². The summed E-state index contributed by atoms with van der Waals surface area (Å²) in [6.45, 7) is 9.74. The molecule has 2 amide bonds. The van der Waals surface area contributed by atoms with Gasteiger partial charge in [0.1, 0.15) is 17.1 Å². The van der Waals surface area contributed by atoms with Crippen LogP contribution in [0.1, 0.15) is 58.7 Å². The van der Waals surface area contributed by atoms with Crippen molar-refractivity contribution in [1.29, 1.82) is 0 Å². The van der Waals surface area contributed by atoms with Gasteiger partial charge in [-0.25, -0.2) is 4.79 Å². The molecule has 35 heavy (non-hydrogen) atoms. The third-order valence-corrected chi connectivity index (χ3v) is 5.57. The molecule has 0 aliphatic carbocycles. The van der Waals surface area contributed by atoms with Gasteiger partial charge in [0.15, 0.2) is 0 Å². The lowest BCUT2D eigenvalue weighted by Gasteiger charge is -2.23. The fraction of sp³-hybridized carbons (Fsp3) is 0.481. The number of nitrogens with zero attached hydrogens (tertiary/aromatic N) is 1. The maximum Gasteiger partial charge on any atom is 0.407 e. The van der Waals surface area contributed by atoms with Crippen molar-refractivity contribution < 1.29 is 25.2 Å². The Balaban J connectivity index is 0.00000456. The largest absolute Gasteiger partial charge is 0.495 e. The van der Waals surface area contributed by atoms with Gasteiger partial charge in [0.25, 0.3) is 5.91 Å². The van der Waals surface area contributed by atoms with E-state index in [9.17, 15) is 9.59 Å². The molecule has 8 nitrogen and oxygen atoms in total. The Morgan fingerprint density at radius 1 is 1.14 bits per heavy atom. The van der Waals surface area contributed by atoms with E-state index in [2.05, 4.69) is 22.5 Å². The second-order valence-corrected chi connectivity index (χ2v) is 9.64. The van der Waals surface area contributed by atoms with Crippen molar-refractivity contribution in [3.05, 3.63) is 48.0 Å². The summed E-state index contributed by atoms with van der Waals surface area (Å²) >= 11 is 0. The number of carbonyl (C=O) groups is 2. The highest BCUT2D eigenvalue weighted by molar-refractivity contribution is 6.04. The van der Waals surface area contributed by atoms with Crippen molar-refractivity contribution in [2.45, 2.75) is 58.6 Å². The molecule has 0 saturated carbocycles. The van der Waals surface area contributed by atoms with Crippen LogP contribution in [0.5, 0.6) is 11.5 Å². The molecule has 1 heterocycles.